The molecule has 3 atom stereocenters. The van der Waals surface area contributed by atoms with Gasteiger partial charge in [-0.15, -0.1) is 0 Å². The van der Waals surface area contributed by atoms with E-state index in [4.69, 9.17) is 0 Å². The monoisotopic (exact) mass is 512 g/mol. The van der Waals surface area contributed by atoms with E-state index in [0.29, 0.717) is 17.9 Å². The zero-order valence-corrected chi connectivity index (χ0v) is 21.3. The van der Waals surface area contributed by atoms with E-state index in [1.54, 1.807) is 34.8 Å². The van der Waals surface area contributed by atoms with E-state index in [2.05, 4.69) is 35.7 Å². The van der Waals surface area contributed by atoms with Crippen molar-refractivity contribution in [2.75, 3.05) is 29.9 Å². The molecule has 1 aromatic carbocycles. The lowest BCUT2D eigenvalue weighted by Gasteiger charge is -2.34. The summed E-state index contributed by atoms with van der Waals surface area (Å²) in [5.74, 6) is 0.614. The number of aromatic nitrogens is 4. The molecular weight excluding hydrogens is 480 g/mol. The third-order valence-corrected chi connectivity index (χ3v) is 9.25. The molecule has 0 bridgehead atoms. The molecule has 0 aliphatic carbocycles. The van der Waals surface area contributed by atoms with Gasteiger partial charge < -0.3 is 15.5 Å². The van der Waals surface area contributed by atoms with Gasteiger partial charge in [0.2, 0.25) is 15.9 Å². The smallest absolute Gasteiger partial charge is 0.245 e. The number of hydrogen-bond acceptors (Lipinski definition) is 8. The number of benzene rings is 1. The number of aromatic amines is 1. The Morgan fingerprint density at radius 3 is 2.72 bits per heavy atom. The minimum Gasteiger partial charge on any atom is -0.375 e. The first-order valence-corrected chi connectivity index (χ1v) is 13.8. The first-order chi connectivity index (χ1) is 17.3. The zero-order valence-electron chi connectivity index (χ0n) is 20.5. The van der Waals surface area contributed by atoms with Crippen molar-refractivity contribution >= 4 is 38.5 Å². The van der Waals surface area contributed by atoms with Crippen LogP contribution in [-0.4, -0.2) is 76.6 Å². The van der Waals surface area contributed by atoms with Crippen LogP contribution in [0.4, 0.5) is 11.5 Å². The van der Waals surface area contributed by atoms with Crippen LogP contribution in [0.5, 0.6) is 0 Å². The first-order valence-electron chi connectivity index (χ1n) is 12.4. The molecule has 2 saturated heterocycles. The van der Waals surface area contributed by atoms with Gasteiger partial charge >= 0.3 is 0 Å². The summed E-state index contributed by atoms with van der Waals surface area (Å²) >= 11 is 0. The number of nitrogens with one attached hydrogen (secondary N) is 3. The number of carbonyl (C=O) groups excluding carboxylic acids is 1. The topological polar surface area (TPSA) is 136 Å². The molecule has 5 rings (SSSR count). The average Bonchev–Trinajstić information content (AvgIpc) is 3.49. The molecule has 0 spiro atoms. The second-order valence-corrected chi connectivity index (χ2v) is 11.5. The Labute approximate surface area is 210 Å². The lowest BCUT2D eigenvalue weighted by atomic mass is 10.1. The van der Waals surface area contributed by atoms with Crippen LogP contribution >= 0.6 is 0 Å². The highest BCUT2D eigenvalue weighted by molar-refractivity contribution is 7.89. The van der Waals surface area contributed by atoms with Gasteiger partial charge in [0.1, 0.15) is 17.0 Å². The Bertz CT molecular complexity index is 1330. The van der Waals surface area contributed by atoms with Gasteiger partial charge in [-0.3, -0.25) is 9.89 Å². The summed E-state index contributed by atoms with van der Waals surface area (Å²) in [6.45, 7) is 5.32. The van der Waals surface area contributed by atoms with Gasteiger partial charge in [0, 0.05) is 31.2 Å². The number of fused-ring (bicyclic) bond motifs is 1. The molecule has 2 fully saturated rings. The molecule has 3 aromatic rings. The molecule has 11 nitrogen and oxygen atoms in total. The predicted molar refractivity (Wildman–Crippen MR) is 137 cm³/mol. The third-order valence-electron chi connectivity index (χ3n) is 7.07. The summed E-state index contributed by atoms with van der Waals surface area (Å²) in [5.41, 5.74) is 1.12. The molecular formula is C24H32N8O3S. The molecule has 0 saturated carbocycles. The molecule has 36 heavy (non-hydrogen) atoms. The molecule has 4 heterocycles. The van der Waals surface area contributed by atoms with Crippen LogP contribution in [0.2, 0.25) is 0 Å². The number of hydrogen-bond donors (Lipinski definition) is 3. The molecule has 2 aliphatic heterocycles. The first kappa shape index (κ1) is 24.4. The maximum atomic E-state index is 13.4. The minimum atomic E-state index is -3.68. The van der Waals surface area contributed by atoms with Crippen LogP contribution in [0.1, 0.15) is 39.5 Å². The predicted octanol–water partition coefficient (Wildman–Crippen LogP) is 2.11. The highest BCUT2D eigenvalue weighted by Gasteiger charge is 2.38. The largest absolute Gasteiger partial charge is 0.375 e. The molecule has 2 unspecified atom stereocenters. The number of H-pyrrole nitrogens is 1. The van der Waals surface area contributed by atoms with Crippen molar-refractivity contribution in [3.05, 3.63) is 36.8 Å². The van der Waals surface area contributed by atoms with E-state index in [1.807, 2.05) is 13.8 Å². The normalized spacial score (nSPS) is 23.2. The van der Waals surface area contributed by atoms with Gasteiger partial charge in [-0.05, 0) is 51.7 Å². The average molecular weight is 513 g/mol. The van der Waals surface area contributed by atoms with Crippen LogP contribution in [0.3, 0.4) is 0 Å². The number of carbonyl (C=O) groups is 1. The molecule has 2 aliphatic rings. The fourth-order valence-corrected chi connectivity index (χ4v) is 7.40. The Balaban J connectivity index is 1.23. The summed E-state index contributed by atoms with van der Waals surface area (Å²) in [5, 5.41) is 13.9. The van der Waals surface area contributed by atoms with Crippen LogP contribution in [-0.2, 0) is 14.8 Å². The SMILES string of the molecule is CC1CCC(C)N1S(=O)(=O)c1ccccc1NCC(=O)N[C@@H]1CCCN(c2ncnc3[nH]ncc23)C1. The Kier molecular flexibility index (Phi) is 6.80. The molecule has 192 valence electrons. The van der Waals surface area contributed by atoms with Crippen molar-refractivity contribution in [1.29, 1.82) is 0 Å². The lowest BCUT2D eigenvalue weighted by molar-refractivity contribution is -0.120. The summed E-state index contributed by atoms with van der Waals surface area (Å²) < 4.78 is 28.5. The Morgan fingerprint density at radius 2 is 1.92 bits per heavy atom. The van der Waals surface area contributed by atoms with Crippen LogP contribution in [0.15, 0.2) is 41.7 Å². The van der Waals surface area contributed by atoms with Crippen molar-refractivity contribution in [1.82, 2.24) is 29.8 Å². The maximum Gasteiger partial charge on any atom is 0.245 e. The highest BCUT2D eigenvalue weighted by Crippen LogP contribution is 2.33. The van der Waals surface area contributed by atoms with Crippen molar-refractivity contribution < 1.29 is 13.2 Å². The molecule has 1 amide bonds. The Hall–Kier alpha value is -3.25. The summed E-state index contributed by atoms with van der Waals surface area (Å²) in [6, 6.07) is 6.65. The van der Waals surface area contributed by atoms with Gasteiger partial charge in [-0.1, -0.05) is 12.1 Å². The van der Waals surface area contributed by atoms with Gasteiger partial charge in [0.15, 0.2) is 5.65 Å². The lowest BCUT2D eigenvalue weighted by Crippen LogP contribution is -2.49. The fourth-order valence-electron chi connectivity index (χ4n) is 5.34. The van der Waals surface area contributed by atoms with E-state index in [1.165, 1.54) is 6.33 Å². The molecule has 3 N–H and O–H groups in total. The quantitative estimate of drug-likeness (QED) is 0.438. The van der Waals surface area contributed by atoms with Crippen molar-refractivity contribution in [2.24, 2.45) is 0 Å². The van der Waals surface area contributed by atoms with Crippen molar-refractivity contribution in [2.45, 2.75) is 62.6 Å². The zero-order chi connectivity index (χ0) is 25.3. The summed E-state index contributed by atoms with van der Waals surface area (Å²) in [6.07, 6.45) is 6.69. The molecule has 12 heteroatoms. The third kappa shape index (κ3) is 4.74. The van der Waals surface area contributed by atoms with Gasteiger partial charge in [0.25, 0.3) is 0 Å². The fraction of sp³-hybridized carbons (Fsp3) is 0.500. The van der Waals surface area contributed by atoms with Crippen molar-refractivity contribution in [3.8, 4) is 0 Å². The standard InChI is InChI=1S/C24H32N8O3S/c1-16-9-10-17(2)32(16)36(34,35)21-8-4-3-7-20(21)25-13-22(33)29-18-6-5-11-31(14-18)24-19-12-28-30-23(19)26-15-27-24/h3-4,7-8,12,15-18,25H,5-6,9-11,13-14H2,1-2H3,(H,29,33)(H,26,27,28,30)/t16?,17?,18-/m1/s1. The van der Waals surface area contributed by atoms with Crippen LogP contribution < -0.4 is 15.5 Å². The molecule has 2 aromatic heterocycles. The van der Waals surface area contributed by atoms with Gasteiger partial charge in [-0.2, -0.15) is 9.40 Å². The summed E-state index contributed by atoms with van der Waals surface area (Å²) in [7, 11) is -3.68. The van der Waals surface area contributed by atoms with Crippen LogP contribution in [0.25, 0.3) is 11.0 Å². The number of anilines is 2. The number of amides is 1. The molecule has 0 radical (unpaired) electrons. The number of rotatable bonds is 7. The number of piperidine rings is 1. The number of nitrogens with zero attached hydrogens (tertiary/aromatic N) is 5. The van der Waals surface area contributed by atoms with E-state index in [9.17, 15) is 13.2 Å². The van der Waals surface area contributed by atoms with Crippen LogP contribution in [0, 0.1) is 0 Å². The van der Waals surface area contributed by atoms with Gasteiger partial charge in [0.05, 0.1) is 23.8 Å². The second kappa shape index (κ2) is 10.0. The van der Waals surface area contributed by atoms with Gasteiger partial charge in [-0.25, -0.2) is 18.4 Å². The second-order valence-electron chi connectivity index (χ2n) is 9.64. The van der Waals surface area contributed by atoms with E-state index in [-0.39, 0.29) is 35.5 Å². The van der Waals surface area contributed by atoms with Crippen molar-refractivity contribution in [3.63, 3.8) is 0 Å². The summed E-state index contributed by atoms with van der Waals surface area (Å²) in [4.78, 5) is 23.8. The van der Waals surface area contributed by atoms with E-state index >= 15 is 0 Å². The maximum absolute atomic E-state index is 13.4. The van der Waals surface area contributed by atoms with E-state index in [0.717, 1.165) is 43.4 Å². The highest BCUT2D eigenvalue weighted by atomic mass is 32.2. The number of sulfonamides is 1. The number of para-hydroxylation sites is 1. The van der Waals surface area contributed by atoms with E-state index < -0.39 is 10.0 Å². The Morgan fingerprint density at radius 1 is 1.14 bits per heavy atom. The minimum absolute atomic E-state index is 0.0202.